The molecule has 0 aliphatic rings. The summed E-state index contributed by atoms with van der Waals surface area (Å²) in [5.74, 6) is 1.49. The van der Waals surface area contributed by atoms with Crippen LogP contribution in [0.2, 0.25) is 5.02 Å². The number of nitrogens with zero attached hydrogens (tertiary/aromatic N) is 3. The van der Waals surface area contributed by atoms with Crippen LogP contribution in [-0.4, -0.2) is 41.1 Å². The van der Waals surface area contributed by atoms with Crippen LogP contribution < -0.4 is 19.5 Å². The summed E-state index contributed by atoms with van der Waals surface area (Å²) in [4.78, 5) is 20.1. The fourth-order valence-corrected chi connectivity index (χ4v) is 6.57. The lowest BCUT2D eigenvalue weighted by Crippen LogP contribution is -2.18. The molecule has 55 heavy (non-hydrogen) atoms. The third kappa shape index (κ3) is 9.74. The smallest absolute Gasteiger partial charge is 0.153 e. The van der Waals surface area contributed by atoms with Crippen molar-refractivity contribution in [1.29, 1.82) is 5.26 Å². The summed E-state index contributed by atoms with van der Waals surface area (Å²) in [7, 11) is 0. The molecule has 0 atom stereocenters. The molecular weight excluding hydrogens is 712 g/mol. The first kappa shape index (κ1) is 38.7. The molecule has 6 rings (SSSR count). The van der Waals surface area contributed by atoms with Crippen molar-refractivity contribution < 1.29 is 24.1 Å². The summed E-state index contributed by atoms with van der Waals surface area (Å²) >= 11 is 6.56. The van der Waals surface area contributed by atoms with Crippen molar-refractivity contribution in [3.05, 3.63) is 159 Å². The number of ether oxygens (including phenoxy) is 3. The standard InChI is InChI=1S/C45H41ClN4O5/c1-30-36(29-55-45-21-44(38(27-52)20-42(45)46)54-28-34-18-33(22-47)24-50-25-34)7-3-9-40(30)41-10-4-8-39(31(41)2)35-11-12-43(37(19-35)26-49-15-16-51)53-17-13-32-6-5-14-48-23-32/h3-12,14,18-21,23-25,27,49,51H,13,15-17,26,28-29H2,1-2H3. The molecule has 0 unspecified atom stereocenters. The van der Waals surface area contributed by atoms with E-state index in [1.807, 2.05) is 36.5 Å². The molecule has 0 spiro atoms. The van der Waals surface area contributed by atoms with E-state index in [0.29, 0.717) is 48.6 Å². The van der Waals surface area contributed by atoms with E-state index in [1.54, 1.807) is 24.5 Å². The molecule has 0 aliphatic heterocycles. The summed E-state index contributed by atoms with van der Waals surface area (Å²) in [5, 5.41) is 22.2. The summed E-state index contributed by atoms with van der Waals surface area (Å²) < 4.78 is 18.4. The normalized spacial score (nSPS) is 10.8. The van der Waals surface area contributed by atoms with E-state index in [0.717, 1.165) is 62.2 Å². The number of hydrogen-bond acceptors (Lipinski definition) is 9. The van der Waals surface area contributed by atoms with Crippen molar-refractivity contribution in [2.75, 3.05) is 19.8 Å². The van der Waals surface area contributed by atoms with Crippen molar-refractivity contribution in [3.63, 3.8) is 0 Å². The first-order valence-electron chi connectivity index (χ1n) is 17.9. The summed E-state index contributed by atoms with van der Waals surface area (Å²) in [5.41, 5.74) is 11.0. The molecule has 0 saturated heterocycles. The second-order valence-corrected chi connectivity index (χ2v) is 13.4. The minimum atomic E-state index is 0.0505. The predicted octanol–water partition coefficient (Wildman–Crippen LogP) is 8.63. The van der Waals surface area contributed by atoms with Crippen molar-refractivity contribution in [1.82, 2.24) is 15.3 Å². The lowest BCUT2D eigenvalue weighted by molar-refractivity contribution is 0.111. The van der Waals surface area contributed by atoms with E-state index < -0.39 is 0 Å². The van der Waals surface area contributed by atoms with Gasteiger partial charge in [-0.05, 0) is 88.7 Å². The number of aldehydes is 1. The molecule has 0 amide bonds. The highest BCUT2D eigenvalue weighted by Crippen LogP contribution is 2.37. The van der Waals surface area contributed by atoms with Crippen LogP contribution >= 0.6 is 11.6 Å². The highest BCUT2D eigenvalue weighted by Gasteiger charge is 2.16. The van der Waals surface area contributed by atoms with Gasteiger partial charge in [0.05, 0.1) is 29.4 Å². The molecular formula is C45H41ClN4O5. The van der Waals surface area contributed by atoms with Gasteiger partial charge in [0.2, 0.25) is 0 Å². The number of hydrogen-bond donors (Lipinski definition) is 2. The molecule has 0 fully saturated rings. The van der Waals surface area contributed by atoms with Crippen LogP contribution in [0.1, 0.15) is 49.3 Å². The third-order valence-electron chi connectivity index (χ3n) is 9.31. The zero-order chi connectivity index (χ0) is 38.6. The van der Waals surface area contributed by atoms with Crippen LogP contribution in [0, 0.1) is 25.2 Å². The lowest BCUT2D eigenvalue weighted by atomic mass is 9.89. The topological polar surface area (TPSA) is 127 Å². The van der Waals surface area contributed by atoms with Crippen LogP contribution in [0.5, 0.6) is 17.2 Å². The quantitative estimate of drug-likeness (QED) is 0.0696. The minimum Gasteiger partial charge on any atom is -0.493 e. The number of benzene rings is 4. The number of aliphatic hydroxyl groups is 1. The van der Waals surface area contributed by atoms with E-state index in [4.69, 9.17) is 25.8 Å². The Kier molecular flexibility index (Phi) is 13.2. The SMILES string of the molecule is Cc1c(COc2cc(OCc3cncc(C#N)c3)c(C=O)cc2Cl)cccc1-c1cccc(-c2ccc(OCCc3cccnc3)c(CNCCO)c2)c1C. The first-order chi connectivity index (χ1) is 26.9. The Hall–Kier alpha value is -6.05. The number of aliphatic hydroxyl groups excluding tert-OH is 1. The van der Waals surface area contributed by atoms with Crippen molar-refractivity contribution in [2.24, 2.45) is 0 Å². The van der Waals surface area contributed by atoms with Crippen LogP contribution in [0.3, 0.4) is 0 Å². The van der Waals surface area contributed by atoms with Crippen LogP contribution in [0.25, 0.3) is 22.3 Å². The Bertz CT molecular complexity index is 2310. The summed E-state index contributed by atoms with van der Waals surface area (Å²) in [6.07, 6.45) is 8.13. The molecule has 10 heteroatoms. The molecule has 0 saturated carbocycles. The van der Waals surface area contributed by atoms with Gasteiger partial charge in [0.15, 0.2) is 6.29 Å². The van der Waals surface area contributed by atoms with Crippen LogP contribution in [-0.2, 0) is 26.2 Å². The first-order valence-corrected chi connectivity index (χ1v) is 18.3. The maximum Gasteiger partial charge on any atom is 0.153 e. The molecule has 2 heterocycles. The third-order valence-corrected chi connectivity index (χ3v) is 9.60. The molecule has 0 bridgehead atoms. The highest BCUT2D eigenvalue weighted by molar-refractivity contribution is 6.32. The number of aromatic nitrogens is 2. The van der Waals surface area contributed by atoms with E-state index in [2.05, 4.69) is 71.6 Å². The lowest BCUT2D eigenvalue weighted by Gasteiger charge is -2.18. The zero-order valence-electron chi connectivity index (χ0n) is 30.7. The van der Waals surface area contributed by atoms with Crippen molar-refractivity contribution in [3.8, 4) is 45.6 Å². The summed E-state index contributed by atoms with van der Waals surface area (Å²) in [6.45, 7) is 6.17. The fraction of sp³-hybridized carbons (Fsp3) is 0.200. The number of halogens is 1. The molecule has 278 valence electrons. The van der Waals surface area contributed by atoms with Gasteiger partial charge in [-0.3, -0.25) is 14.8 Å². The van der Waals surface area contributed by atoms with E-state index in [1.165, 1.54) is 12.3 Å². The van der Waals surface area contributed by atoms with Crippen molar-refractivity contribution >= 4 is 17.9 Å². The second-order valence-electron chi connectivity index (χ2n) is 13.0. The Morgan fingerprint density at radius 1 is 0.782 bits per heavy atom. The fourth-order valence-electron chi connectivity index (χ4n) is 6.35. The van der Waals surface area contributed by atoms with Gasteiger partial charge in [-0.15, -0.1) is 0 Å². The molecule has 0 radical (unpaired) electrons. The van der Waals surface area contributed by atoms with Gasteiger partial charge < -0.3 is 24.6 Å². The Labute approximate surface area is 326 Å². The predicted molar refractivity (Wildman–Crippen MR) is 213 cm³/mol. The van der Waals surface area contributed by atoms with Gasteiger partial charge in [0, 0.05) is 61.5 Å². The zero-order valence-corrected chi connectivity index (χ0v) is 31.5. The molecule has 2 aromatic heterocycles. The van der Waals surface area contributed by atoms with Gasteiger partial charge in [-0.25, -0.2) is 0 Å². The maximum atomic E-state index is 11.9. The van der Waals surface area contributed by atoms with Gasteiger partial charge >= 0.3 is 0 Å². The molecule has 0 aliphatic carbocycles. The van der Waals surface area contributed by atoms with E-state index in [-0.39, 0.29) is 30.4 Å². The Morgan fingerprint density at radius 2 is 1.56 bits per heavy atom. The maximum absolute atomic E-state index is 11.9. The number of carbonyl (C=O) groups excluding carboxylic acids is 1. The average molecular weight is 753 g/mol. The Morgan fingerprint density at radius 3 is 2.35 bits per heavy atom. The van der Waals surface area contributed by atoms with Gasteiger partial charge in [-0.2, -0.15) is 5.26 Å². The van der Waals surface area contributed by atoms with Gasteiger partial charge in [-0.1, -0.05) is 60.1 Å². The van der Waals surface area contributed by atoms with Crippen LogP contribution in [0.4, 0.5) is 0 Å². The largest absolute Gasteiger partial charge is 0.493 e. The van der Waals surface area contributed by atoms with E-state index in [9.17, 15) is 15.2 Å². The second kappa shape index (κ2) is 18.8. The Balaban J connectivity index is 1.21. The molecule has 9 nitrogen and oxygen atoms in total. The van der Waals surface area contributed by atoms with Gasteiger partial charge in [0.25, 0.3) is 0 Å². The van der Waals surface area contributed by atoms with E-state index >= 15 is 0 Å². The number of nitriles is 1. The molecule has 6 aromatic rings. The van der Waals surface area contributed by atoms with Gasteiger partial charge in [0.1, 0.15) is 36.5 Å². The monoisotopic (exact) mass is 752 g/mol. The number of rotatable bonds is 17. The van der Waals surface area contributed by atoms with Crippen molar-refractivity contribution in [2.45, 2.75) is 40.0 Å². The highest BCUT2D eigenvalue weighted by atomic mass is 35.5. The number of carbonyl (C=O) groups is 1. The molecule has 4 aromatic carbocycles. The van der Waals surface area contributed by atoms with Crippen LogP contribution in [0.15, 0.2) is 110 Å². The minimum absolute atomic E-state index is 0.0505. The number of pyridine rings is 2. The average Bonchev–Trinajstić information content (AvgIpc) is 3.21. The number of nitrogens with one attached hydrogen (secondary N) is 1. The molecule has 2 N–H and O–H groups in total. The summed E-state index contributed by atoms with van der Waals surface area (Å²) in [6, 6.07) is 29.6.